The van der Waals surface area contributed by atoms with Gasteiger partial charge in [0.25, 0.3) is 5.91 Å². The van der Waals surface area contributed by atoms with Crippen molar-refractivity contribution in [2.24, 2.45) is 0 Å². The number of piperidine rings is 1. The van der Waals surface area contributed by atoms with Gasteiger partial charge in [-0.05, 0) is 30.9 Å². The first-order chi connectivity index (χ1) is 12.4. The van der Waals surface area contributed by atoms with Gasteiger partial charge < -0.3 is 14.4 Å². The van der Waals surface area contributed by atoms with Gasteiger partial charge >= 0.3 is 0 Å². The van der Waals surface area contributed by atoms with Gasteiger partial charge in [-0.25, -0.2) is 12.7 Å². The molecule has 1 aromatic rings. The molecule has 4 rings (SSSR count). The fourth-order valence-corrected chi connectivity index (χ4v) is 6.22. The van der Waals surface area contributed by atoms with Crippen molar-refractivity contribution >= 4 is 27.3 Å². The van der Waals surface area contributed by atoms with Gasteiger partial charge in [0, 0.05) is 31.1 Å². The number of carbonyl (C=O) groups excluding carboxylic acids is 1. The van der Waals surface area contributed by atoms with Gasteiger partial charge in [-0.15, -0.1) is 11.3 Å². The second-order valence-corrected chi connectivity index (χ2v) is 10.2. The maximum absolute atomic E-state index is 12.8. The molecule has 0 saturated carbocycles. The Morgan fingerprint density at radius 2 is 1.85 bits per heavy atom. The van der Waals surface area contributed by atoms with E-state index in [4.69, 9.17) is 9.47 Å². The Morgan fingerprint density at radius 1 is 1.15 bits per heavy atom. The molecule has 3 aliphatic rings. The quantitative estimate of drug-likeness (QED) is 0.742. The minimum Gasteiger partial charge on any atom is -0.378 e. The lowest BCUT2D eigenvalue weighted by atomic mass is 9.86. The molecule has 0 bridgehead atoms. The van der Waals surface area contributed by atoms with Crippen molar-refractivity contribution in [2.75, 3.05) is 52.3 Å². The monoisotopic (exact) mass is 400 g/mol. The predicted molar refractivity (Wildman–Crippen MR) is 98.0 cm³/mol. The molecule has 4 heterocycles. The van der Waals surface area contributed by atoms with E-state index in [2.05, 4.69) is 0 Å². The molecule has 7 nitrogen and oxygen atoms in total. The summed E-state index contributed by atoms with van der Waals surface area (Å²) in [6.07, 6.45) is 3.33. The van der Waals surface area contributed by atoms with Crippen LogP contribution in [0.3, 0.4) is 0 Å². The molecule has 144 valence electrons. The molecule has 9 heteroatoms. The molecule has 3 aliphatic heterocycles. The standard InChI is InChI=1S/C17H24N2O5S2/c1-26(21,22)19-5-3-17(4-6-19)15-13(2-9-24-17)12-14(25-15)16(20)18-7-10-23-11-8-18/h12H,2-11H2,1H3. The summed E-state index contributed by atoms with van der Waals surface area (Å²) in [6, 6.07) is 2.02. The van der Waals surface area contributed by atoms with Crippen LogP contribution >= 0.6 is 11.3 Å². The largest absolute Gasteiger partial charge is 0.378 e. The molecular weight excluding hydrogens is 376 g/mol. The SMILES string of the molecule is CS(=O)(=O)N1CCC2(CC1)OCCc1cc(C(=O)N3CCOCC3)sc12. The smallest absolute Gasteiger partial charge is 0.264 e. The number of sulfonamides is 1. The summed E-state index contributed by atoms with van der Waals surface area (Å²) in [5, 5.41) is 0. The number of rotatable bonds is 2. The Morgan fingerprint density at radius 3 is 2.50 bits per heavy atom. The Hall–Kier alpha value is -1.00. The fourth-order valence-electron chi connectivity index (χ4n) is 4.00. The van der Waals surface area contributed by atoms with Crippen molar-refractivity contribution in [1.82, 2.24) is 9.21 Å². The zero-order chi connectivity index (χ0) is 18.4. The van der Waals surface area contributed by atoms with Gasteiger partial charge in [-0.3, -0.25) is 4.79 Å². The van der Waals surface area contributed by atoms with Gasteiger partial charge in [0.1, 0.15) is 5.60 Å². The van der Waals surface area contributed by atoms with Crippen LogP contribution in [0.1, 0.15) is 33.0 Å². The molecule has 26 heavy (non-hydrogen) atoms. The molecule has 0 unspecified atom stereocenters. The van der Waals surface area contributed by atoms with Crippen molar-refractivity contribution in [3.8, 4) is 0 Å². The van der Waals surface area contributed by atoms with Gasteiger partial charge in [-0.2, -0.15) is 0 Å². The van der Waals surface area contributed by atoms with Crippen LogP contribution in [0.15, 0.2) is 6.07 Å². The van der Waals surface area contributed by atoms with Gasteiger partial charge in [-0.1, -0.05) is 0 Å². The molecule has 0 aromatic carbocycles. The van der Waals surface area contributed by atoms with Crippen LogP contribution in [-0.4, -0.2) is 75.8 Å². The first-order valence-electron chi connectivity index (χ1n) is 8.98. The summed E-state index contributed by atoms with van der Waals surface area (Å²) in [5.41, 5.74) is 0.744. The molecular formula is C17H24N2O5S2. The van der Waals surface area contributed by atoms with Crippen LogP contribution in [0, 0.1) is 0 Å². The highest BCUT2D eigenvalue weighted by Crippen LogP contribution is 2.45. The van der Waals surface area contributed by atoms with E-state index in [1.54, 1.807) is 0 Å². The number of thiophene rings is 1. The van der Waals surface area contributed by atoms with Crippen LogP contribution in [-0.2, 0) is 31.5 Å². The lowest BCUT2D eigenvalue weighted by molar-refractivity contribution is -0.0861. The average molecular weight is 401 g/mol. The molecule has 2 saturated heterocycles. The van der Waals surface area contributed by atoms with Crippen LogP contribution < -0.4 is 0 Å². The maximum Gasteiger partial charge on any atom is 0.264 e. The van der Waals surface area contributed by atoms with E-state index >= 15 is 0 Å². The minimum absolute atomic E-state index is 0.0661. The zero-order valence-electron chi connectivity index (χ0n) is 14.9. The average Bonchev–Trinajstić information content (AvgIpc) is 3.07. The number of morpholine rings is 1. The molecule has 1 aromatic heterocycles. The number of nitrogens with zero attached hydrogens (tertiary/aromatic N) is 2. The van der Waals surface area contributed by atoms with Crippen LogP contribution in [0.5, 0.6) is 0 Å². The molecule has 0 aliphatic carbocycles. The van der Waals surface area contributed by atoms with Crippen molar-refractivity contribution in [2.45, 2.75) is 24.9 Å². The highest BCUT2D eigenvalue weighted by molar-refractivity contribution is 7.88. The molecule has 1 amide bonds. The number of amides is 1. The number of fused-ring (bicyclic) bond motifs is 2. The number of hydrogen-bond donors (Lipinski definition) is 0. The first-order valence-corrected chi connectivity index (χ1v) is 11.6. The summed E-state index contributed by atoms with van der Waals surface area (Å²) >= 11 is 1.53. The Labute approximate surface area is 157 Å². The van der Waals surface area contributed by atoms with Gasteiger partial charge in [0.05, 0.1) is 31.0 Å². The lowest BCUT2D eigenvalue weighted by Crippen LogP contribution is -2.47. The maximum atomic E-state index is 12.8. The molecule has 0 N–H and O–H groups in total. The first kappa shape index (κ1) is 18.4. The van der Waals surface area contributed by atoms with E-state index < -0.39 is 15.6 Å². The fraction of sp³-hybridized carbons (Fsp3) is 0.706. The second kappa shape index (κ2) is 6.87. The van der Waals surface area contributed by atoms with Gasteiger partial charge in [0.2, 0.25) is 10.0 Å². The summed E-state index contributed by atoms with van der Waals surface area (Å²) in [5.74, 6) is 0.0661. The third-order valence-corrected chi connectivity index (χ3v) is 8.13. The van der Waals surface area contributed by atoms with Crippen molar-refractivity contribution in [1.29, 1.82) is 0 Å². The summed E-state index contributed by atoms with van der Waals surface area (Å²) in [6.45, 7) is 3.98. The number of hydrogen-bond acceptors (Lipinski definition) is 6. The van der Waals surface area contributed by atoms with E-state index in [0.717, 1.165) is 16.2 Å². The van der Waals surface area contributed by atoms with E-state index in [1.165, 1.54) is 27.5 Å². The lowest BCUT2D eigenvalue weighted by Gasteiger charge is -2.42. The van der Waals surface area contributed by atoms with Crippen molar-refractivity contribution in [3.05, 3.63) is 21.4 Å². The van der Waals surface area contributed by atoms with Crippen LogP contribution in [0.4, 0.5) is 0 Å². The molecule has 0 atom stereocenters. The second-order valence-electron chi connectivity index (χ2n) is 7.12. The van der Waals surface area contributed by atoms with E-state index in [9.17, 15) is 13.2 Å². The number of ether oxygens (including phenoxy) is 2. The zero-order valence-corrected chi connectivity index (χ0v) is 16.5. The summed E-state index contributed by atoms with van der Waals surface area (Å²) < 4.78 is 36.6. The molecule has 2 fully saturated rings. The van der Waals surface area contributed by atoms with Crippen molar-refractivity contribution < 1.29 is 22.7 Å². The van der Waals surface area contributed by atoms with Gasteiger partial charge in [0.15, 0.2) is 0 Å². The molecule has 1 spiro atoms. The Balaban J connectivity index is 1.57. The Bertz CT molecular complexity index is 790. The highest BCUT2D eigenvalue weighted by Gasteiger charge is 2.44. The van der Waals surface area contributed by atoms with Crippen LogP contribution in [0.2, 0.25) is 0 Å². The number of carbonyl (C=O) groups is 1. The third-order valence-electron chi connectivity index (χ3n) is 5.48. The van der Waals surface area contributed by atoms with Crippen molar-refractivity contribution in [3.63, 3.8) is 0 Å². The molecule has 0 radical (unpaired) electrons. The van der Waals surface area contributed by atoms with E-state index in [0.29, 0.717) is 58.8 Å². The predicted octanol–water partition coefficient (Wildman–Crippen LogP) is 1.04. The summed E-state index contributed by atoms with van der Waals surface area (Å²) in [4.78, 5) is 16.5. The Kier molecular flexibility index (Phi) is 4.85. The highest BCUT2D eigenvalue weighted by atomic mass is 32.2. The van der Waals surface area contributed by atoms with E-state index in [1.807, 2.05) is 11.0 Å². The third kappa shape index (κ3) is 3.31. The summed E-state index contributed by atoms with van der Waals surface area (Å²) in [7, 11) is -3.17. The topological polar surface area (TPSA) is 76.2 Å². The van der Waals surface area contributed by atoms with E-state index in [-0.39, 0.29) is 5.91 Å². The normalized spacial score (nSPS) is 23.8. The minimum atomic E-state index is -3.17. The van der Waals surface area contributed by atoms with Crippen LogP contribution in [0.25, 0.3) is 0 Å².